The molecule has 0 aromatic carbocycles. The second kappa shape index (κ2) is 7.40. The van der Waals surface area contributed by atoms with Gasteiger partial charge in [0, 0.05) is 25.2 Å². The molecule has 4 rings (SSSR count). The predicted octanol–water partition coefficient (Wildman–Crippen LogP) is 2.18. The highest BCUT2D eigenvalue weighted by atomic mass is 16.6. The first kappa shape index (κ1) is 17.2. The third kappa shape index (κ3) is 6.23. The van der Waals surface area contributed by atoms with Crippen LogP contribution in [0.2, 0.25) is 0 Å². The first-order valence-electron chi connectivity index (χ1n) is 8.05. The van der Waals surface area contributed by atoms with E-state index < -0.39 is 0 Å². The lowest BCUT2D eigenvalue weighted by Gasteiger charge is -2.22. The highest BCUT2D eigenvalue weighted by Crippen LogP contribution is 2.35. The van der Waals surface area contributed by atoms with E-state index in [0.29, 0.717) is 12.2 Å². The van der Waals surface area contributed by atoms with Crippen LogP contribution in [0, 0.1) is 11.8 Å². The fourth-order valence-electron chi connectivity index (χ4n) is 3.51. The maximum Gasteiger partial charge on any atom is 0.0812 e. The largest absolute Gasteiger partial charge is 0.373 e. The van der Waals surface area contributed by atoms with E-state index in [1.165, 1.54) is 45.2 Å². The van der Waals surface area contributed by atoms with Crippen molar-refractivity contribution in [2.75, 3.05) is 26.3 Å². The van der Waals surface area contributed by atoms with E-state index in [-0.39, 0.29) is 14.9 Å². The maximum atomic E-state index is 5.44. The number of epoxide rings is 2. The van der Waals surface area contributed by atoms with Gasteiger partial charge < -0.3 is 20.1 Å². The van der Waals surface area contributed by atoms with Crippen LogP contribution >= 0.6 is 0 Å². The molecule has 0 aliphatic carbocycles. The Balaban J connectivity index is 0.000000807. The van der Waals surface area contributed by atoms with Crippen LogP contribution in [0.4, 0.5) is 0 Å². The summed E-state index contributed by atoms with van der Waals surface area (Å²) in [5.41, 5.74) is 0. The van der Waals surface area contributed by atoms with Crippen LogP contribution in [0.1, 0.15) is 47.0 Å². The molecule has 4 aliphatic heterocycles. The third-order valence-corrected chi connectivity index (χ3v) is 4.89. The van der Waals surface area contributed by atoms with Crippen molar-refractivity contribution in [3.8, 4) is 0 Å². The summed E-state index contributed by atoms with van der Waals surface area (Å²) in [5.74, 6) is 1.71. The fourth-order valence-corrected chi connectivity index (χ4v) is 3.51. The van der Waals surface area contributed by atoms with Crippen molar-refractivity contribution in [2.24, 2.45) is 11.8 Å². The average Bonchev–Trinajstić information content (AvgIpc) is 3.17. The molecule has 0 bridgehead atoms. The molecule has 0 saturated carbocycles. The van der Waals surface area contributed by atoms with Crippen molar-refractivity contribution in [3.63, 3.8) is 0 Å². The highest BCUT2D eigenvalue weighted by molar-refractivity contribution is 4.92. The first-order valence-corrected chi connectivity index (χ1v) is 8.05. The van der Waals surface area contributed by atoms with Crippen molar-refractivity contribution < 1.29 is 9.47 Å². The van der Waals surface area contributed by atoms with Crippen LogP contribution in [0.5, 0.6) is 0 Å². The molecule has 4 aliphatic rings. The number of ether oxygens (including phenoxy) is 2. The van der Waals surface area contributed by atoms with Gasteiger partial charge in [-0.1, -0.05) is 14.9 Å². The van der Waals surface area contributed by atoms with Gasteiger partial charge >= 0.3 is 0 Å². The summed E-state index contributed by atoms with van der Waals surface area (Å²) in [6.45, 7) is 4.50. The highest BCUT2D eigenvalue weighted by Gasteiger charge is 2.36. The van der Waals surface area contributed by atoms with E-state index in [0.717, 1.165) is 37.1 Å². The van der Waals surface area contributed by atoms with Gasteiger partial charge in [-0.3, -0.25) is 0 Å². The van der Waals surface area contributed by atoms with Crippen molar-refractivity contribution in [3.05, 3.63) is 0 Å². The number of rotatable bonds is 10. The van der Waals surface area contributed by atoms with Gasteiger partial charge in [0.05, 0.1) is 25.4 Å². The van der Waals surface area contributed by atoms with Crippen molar-refractivity contribution in [2.45, 2.75) is 71.2 Å². The molecule has 0 amide bonds. The second-order valence-electron chi connectivity index (χ2n) is 7.03. The Bertz CT molecular complexity index is 252. The molecule has 4 fully saturated rings. The zero-order chi connectivity index (χ0) is 12.7. The van der Waals surface area contributed by atoms with Crippen molar-refractivity contribution in [1.82, 2.24) is 10.6 Å². The summed E-state index contributed by atoms with van der Waals surface area (Å²) in [6, 6.07) is 1.64. The third-order valence-electron chi connectivity index (χ3n) is 4.89. The topological polar surface area (TPSA) is 68.9 Å². The molecule has 0 aromatic heterocycles. The minimum Gasteiger partial charge on any atom is -0.373 e. The number of hydrogen-bond acceptors (Lipinski definition) is 4. The van der Waals surface area contributed by atoms with Crippen LogP contribution in [-0.2, 0) is 9.47 Å². The molecule has 4 heteroatoms. The first-order chi connectivity index (χ1) is 9.35. The van der Waals surface area contributed by atoms with Gasteiger partial charge in [-0.25, -0.2) is 0 Å². The van der Waals surface area contributed by atoms with Crippen molar-refractivity contribution >= 4 is 0 Å². The van der Waals surface area contributed by atoms with Crippen molar-refractivity contribution in [1.29, 1.82) is 0 Å². The van der Waals surface area contributed by atoms with E-state index >= 15 is 0 Å². The number of hydrogen-bond donors (Lipinski definition) is 2. The van der Waals surface area contributed by atoms with Crippen LogP contribution < -0.4 is 10.6 Å². The lowest BCUT2D eigenvalue weighted by molar-refractivity contribution is 0.255. The molecule has 0 radical (unpaired) electrons. The average molecular weight is 298 g/mol. The zero-order valence-electron chi connectivity index (χ0n) is 11.6. The minimum atomic E-state index is 0. The summed E-state index contributed by atoms with van der Waals surface area (Å²) in [5, 5.41) is 6.94. The van der Waals surface area contributed by atoms with Crippen LogP contribution in [0.3, 0.4) is 0 Å². The Hall–Kier alpha value is -0.160. The summed E-state index contributed by atoms with van der Waals surface area (Å²) in [4.78, 5) is 0. The molecule has 124 valence electrons. The van der Waals surface area contributed by atoms with Gasteiger partial charge in [0.25, 0.3) is 0 Å². The van der Waals surface area contributed by atoms with E-state index in [9.17, 15) is 0 Å². The SMILES string of the molecule is C.C.C(C(CC1CN1)CC1CN1)C(CC1CO1)CC1CO1. The molecule has 2 N–H and O–H groups in total. The summed E-state index contributed by atoms with van der Waals surface area (Å²) < 4.78 is 10.9. The quantitative estimate of drug-likeness (QED) is 0.607. The molecule has 4 atom stereocenters. The molecular formula is C17H34N2O2. The normalized spacial score (nSPS) is 37.7. The Morgan fingerprint density at radius 1 is 0.762 bits per heavy atom. The van der Waals surface area contributed by atoms with E-state index in [1.807, 2.05) is 0 Å². The summed E-state index contributed by atoms with van der Waals surface area (Å²) in [7, 11) is 0. The van der Waals surface area contributed by atoms with Gasteiger partial charge in [-0.15, -0.1) is 0 Å². The van der Waals surface area contributed by atoms with Crippen LogP contribution in [-0.4, -0.2) is 50.6 Å². The Labute approximate surface area is 130 Å². The molecule has 4 nitrogen and oxygen atoms in total. The second-order valence-corrected chi connectivity index (χ2v) is 7.03. The van der Waals surface area contributed by atoms with Gasteiger partial charge in [0.1, 0.15) is 0 Å². The van der Waals surface area contributed by atoms with Gasteiger partial charge in [0.15, 0.2) is 0 Å². The van der Waals surface area contributed by atoms with Gasteiger partial charge in [-0.05, 0) is 43.9 Å². The molecule has 4 saturated heterocycles. The Kier molecular flexibility index (Phi) is 6.06. The zero-order valence-corrected chi connectivity index (χ0v) is 11.6. The molecule has 21 heavy (non-hydrogen) atoms. The van der Waals surface area contributed by atoms with E-state index in [2.05, 4.69) is 10.6 Å². The molecule has 0 spiro atoms. The Morgan fingerprint density at radius 2 is 1.14 bits per heavy atom. The lowest BCUT2D eigenvalue weighted by atomic mass is 9.83. The lowest BCUT2D eigenvalue weighted by Crippen LogP contribution is -2.17. The smallest absolute Gasteiger partial charge is 0.0812 e. The summed E-state index contributed by atoms with van der Waals surface area (Å²) >= 11 is 0. The number of nitrogens with one attached hydrogen (secondary N) is 2. The predicted molar refractivity (Wildman–Crippen MR) is 86.6 cm³/mol. The molecule has 4 heterocycles. The Morgan fingerprint density at radius 3 is 1.48 bits per heavy atom. The van der Waals surface area contributed by atoms with Gasteiger partial charge in [-0.2, -0.15) is 0 Å². The summed E-state index contributed by atoms with van der Waals surface area (Å²) in [6.07, 6.45) is 7.83. The monoisotopic (exact) mass is 298 g/mol. The molecule has 0 aromatic rings. The fraction of sp³-hybridized carbons (Fsp3) is 1.00. The van der Waals surface area contributed by atoms with Gasteiger partial charge in [0.2, 0.25) is 0 Å². The standard InChI is InChI=1S/C15H26N2O2.2CH4/c1(10(2-12-6-16-12)3-13-7-17-13)11(4-14-8-18-14)5-15-9-19-15;;/h10-17H,1-9H2;2*1H4. The maximum absolute atomic E-state index is 5.44. The van der Waals surface area contributed by atoms with Crippen LogP contribution in [0.25, 0.3) is 0 Å². The van der Waals surface area contributed by atoms with E-state index in [4.69, 9.17) is 9.47 Å². The minimum absolute atomic E-state index is 0. The molecule has 4 unspecified atom stereocenters. The van der Waals surface area contributed by atoms with Crippen LogP contribution in [0.15, 0.2) is 0 Å². The molecular weight excluding hydrogens is 264 g/mol. The van der Waals surface area contributed by atoms with E-state index in [1.54, 1.807) is 0 Å².